The van der Waals surface area contributed by atoms with Gasteiger partial charge in [-0.05, 0) is 94.0 Å². The van der Waals surface area contributed by atoms with Gasteiger partial charge in [-0.1, -0.05) is 111 Å². The number of aromatic nitrogens is 2. The summed E-state index contributed by atoms with van der Waals surface area (Å²) < 4.78 is 152. The summed E-state index contributed by atoms with van der Waals surface area (Å²) in [4.78, 5) is 0. The van der Waals surface area contributed by atoms with Crippen molar-refractivity contribution >= 4 is 43.6 Å². The normalized spacial score (nSPS) is 19.2. The van der Waals surface area contributed by atoms with Crippen molar-refractivity contribution in [1.29, 1.82) is 0 Å². The molecule has 2 aromatic heterocycles. The first-order chi connectivity index (χ1) is 30.1. The molecule has 0 unspecified atom stereocenters. The van der Waals surface area contributed by atoms with E-state index in [1.165, 1.54) is 6.07 Å². The zero-order chi connectivity index (χ0) is 45.8. The number of fused-ring (bicyclic) bond motifs is 9. The highest BCUT2D eigenvalue weighted by atomic mass is 15.0. The van der Waals surface area contributed by atoms with Crippen LogP contribution in [0.5, 0.6) is 0 Å². The molecule has 0 aliphatic heterocycles. The second kappa shape index (κ2) is 9.57. The van der Waals surface area contributed by atoms with Crippen LogP contribution in [0.25, 0.3) is 77.2 Å². The second-order valence-corrected chi connectivity index (χ2v) is 11.7. The molecule has 2 nitrogen and oxygen atoms in total. The van der Waals surface area contributed by atoms with Gasteiger partial charge in [0.2, 0.25) is 0 Å². The van der Waals surface area contributed by atoms with E-state index < -0.39 is 90.2 Å². The molecule has 10 rings (SSSR count). The summed E-state index contributed by atoms with van der Waals surface area (Å²) in [6, 6.07) is 21.0. The van der Waals surface area contributed by atoms with Crippen molar-refractivity contribution in [2.24, 2.45) is 0 Å². The molecule has 0 N–H and O–H groups in total. The van der Waals surface area contributed by atoms with Gasteiger partial charge in [0.05, 0.1) is 37.1 Å². The van der Waals surface area contributed by atoms with Crippen LogP contribution in [0.3, 0.4) is 0 Å². The number of rotatable bonds is 3. The minimum Gasteiger partial charge on any atom is -0.309 e. The summed E-state index contributed by atoms with van der Waals surface area (Å²) in [6.45, 7) is -6.83. The van der Waals surface area contributed by atoms with Gasteiger partial charge in [-0.25, -0.2) is 0 Å². The van der Waals surface area contributed by atoms with Crippen LogP contribution in [0.4, 0.5) is 0 Å². The highest BCUT2D eigenvalue weighted by Gasteiger charge is 2.35. The molecular formula is C45H32N2. The first-order valence-corrected chi connectivity index (χ1v) is 15.0. The predicted molar refractivity (Wildman–Crippen MR) is 198 cm³/mol. The lowest BCUT2D eigenvalue weighted by Gasteiger charge is -2.22. The zero-order valence-electron chi connectivity index (χ0n) is 41.6. The fourth-order valence-corrected chi connectivity index (χ4v) is 7.13. The summed E-state index contributed by atoms with van der Waals surface area (Å²) in [7, 11) is 0. The Balaban J connectivity index is 1.22. The summed E-state index contributed by atoms with van der Waals surface area (Å²) in [6.07, 6.45) is 0. The second-order valence-electron chi connectivity index (χ2n) is 11.7. The monoisotopic (exact) mass is 617 g/mol. The van der Waals surface area contributed by atoms with Crippen molar-refractivity contribution in [3.63, 3.8) is 0 Å². The van der Waals surface area contributed by atoms with Gasteiger partial charge in [0.15, 0.2) is 0 Å². The van der Waals surface area contributed by atoms with E-state index in [1.54, 1.807) is 27.3 Å². The molecule has 0 saturated heterocycles. The molecule has 0 radical (unpaired) electrons. The minimum absolute atomic E-state index is 0.0227. The number of nitrogens with zero attached hydrogens (tertiary/aromatic N) is 2. The van der Waals surface area contributed by atoms with E-state index in [0.717, 1.165) is 21.9 Å². The summed E-state index contributed by atoms with van der Waals surface area (Å²) >= 11 is 0. The van der Waals surface area contributed by atoms with E-state index in [0.29, 0.717) is 32.8 Å². The van der Waals surface area contributed by atoms with Crippen molar-refractivity contribution < 1.29 is 23.3 Å². The van der Waals surface area contributed by atoms with Crippen LogP contribution in [0.15, 0.2) is 157 Å². The standard InChI is InChI=1S/C45H32N2/c1-45(2)39-17-9-6-14-33(39)34-23-22-32(28-40(34)45)47-42-19-11-8-16-36(42)38-27-30(21-25-44(38)47)29-20-24-43-37(26-29)35-15-7-10-18-41(35)46(43)31-12-4-3-5-13-31/h3-28H,1-2H3/i1D3,2D3,3D,4D,5D,6D,9D,12D,13D,14D,17D,22D,23D. The Bertz CT molecular complexity index is 3520. The smallest absolute Gasteiger partial charge is 0.0645 e. The van der Waals surface area contributed by atoms with Crippen LogP contribution in [0.1, 0.15) is 48.1 Å². The topological polar surface area (TPSA) is 9.86 Å². The molecule has 47 heavy (non-hydrogen) atoms. The van der Waals surface area contributed by atoms with Crippen LogP contribution in [-0.2, 0) is 5.41 Å². The summed E-state index contributed by atoms with van der Waals surface area (Å²) in [5.74, 6) is 0. The van der Waals surface area contributed by atoms with Gasteiger partial charge in [-0.2, -0.15) is 0 Å². The number of hydrogen-bond donors (Lipinski definition) is 0. The number of benzene rings is 7. The van der Waals surface area contributed by atoms with E-state index in [9.17, 15) is 2.74 Å². The molecular weight excluding hydrogens is 569 g/mol. The Morgan fingerprint density at radius 2 is 1.02 bits per heavy atom. The minimum atomic E-state index is -3.42. The van der Waals surface area contributed by atoms with Gasteiger partial charge in [-0.3, -0.25) is 0 Å². The Labute approximate surface area is 297 Å². The average Bonchev–Trinajstić information content (AvgIpc) is 3.89. The van der Waals surface area contributed by atoms with Crippen LogP contribution in [0, 0.1) is 0 Å². The average molecular weight is 618 g/mol. The van der Waals surface area contributed by atoms with Gasteiger partial charge < -0.3 is 9.13 Å². The van der Waals surface area contributed by atoms with E-state index in [2.05, 4.69) is 0 Å². The molecule has 0 atom stereocenters. The van der Waals surface area contributed by atoms with Crippen molar-refractivity contribution in [1.82, 2.24) is 9.13 Å². The van der Waals surface area contributed by atoms with Crippen molar-refractivity contribution in [3.8, 4) is 33.6 Å². The molecule has 0 spiro atoms. The molecule has 7 aromatic carbocycles. The lowest BCUT2D eigenvalue weighted by atomic mass is 9.82. The third-order valence-corrected chi connectivity index (χ3v) is 9.21. The lowest BCUT2D eigenvalue weighted by molar-refractivity contribution is 0.660. The highest BCUT2D eigenvalue weighted by molar-refractivity contribution is 6.12. The fraction of sp³-hybridized carbons (Fsp3) is 0.0667. The molecule has 2 heterocycles. The van der Waals surface area contributed by atoms with E-state index in [1.807, 2.05) is 66.7 Å². The summed E-state index contributed by atoms with van der Waals surface area (Å²) in [5, 5.41) is 2.96. The number of para-hydroxylation sites is 3. The molecule has 0 bridgehead atoms. The number of hydrogen-bond acceptors (Lipinski definition) is 0. The van der Waals surface area contributed by atoms with Crippen molar-refractivity contribution in [2.45, 2.75) is 19.1 Å². The molecule has 1 aliphatic carbocycles. The molecule has 2 heteroatoms. The van der Waals surface area contributed by atoms with Crippen molar-refractivity contribution in [3.05, 3.63) is 169 Å². The highest BCUT2D eigenvalue weighted by Crippen LogP contribution is 2.49. The first kappa shape index (κ1) is 14.7. The Morgan fingerprint density at radius 3 is 1.68 bits per heavy atom. The molecule has 0 saturated carbocycles. The maximum Gasteiger partial charge on any atom is 0.0645 e. The van der Waals surface area contributed by atoms with E-state index in [4.69, 9.17) is 20.6 Å². The summed E-state index contributed by atoms with van der Waals surface area (Å²) in [5.41, 5.74) is -0.928. The Kier molecular flexibility index (Phi) is 3.00. The van der Waals surface area contributed by atoms with Gasteiger partial charge in [0, 0.05) is 46.6 Å². The van der Waals surface area contributed by atoms with Crippen LogP contribution >= 0.6 is 0 Å². The van der Waals surface area contributed by atoms with Gasteiger partial charge in [-0.15, -0.1) is 0 Å². The largest absolute Gasteiger partial charge is 0.309 e. The third-order valence-electron chi connectivity index (χ3n) is 9.21. The zero-order valence-corrected chi connectivity index (χ0v) is 24.6. The van der Waals surface area contributed by atoms with Gasteiger partial charge >= 0.3 is 0 Å². The molecule has 222 valence electrons. The fourth-order valence-electron chi connectivity index (χ4n) is 7.13. The Hall–Kier alpha value is -5.86. The first-order valence-electron chi connectivity index (χ1n) is 23.5. The molecule has 0 fully saturated rings. The maximum atomic E-state index is 9.40. The van der Waals surface area contributed by atoms with Crippen LogP contribution < -0.4 is 0 Å². The van der Waals surface area contributed by atoms with Crippen LogP contribution in [0.2, 0.25) is 0 Å². The molecule has 9 aromatic rings. The van der Waals surface area contributed by atoms with E-state index in [-0.39, 0.29) is 29.0 Å². The molecule has 0 amide bonds. The quantitative estimate of drug-likeness (QED) is 0.187. The van der Waals surface area contributed by atoms with Crippen molar-refractivity contribution in [2.75, 3.05) is 0 Å². The lowest BCUT2D eigenvalue weighted by Crippen LogP contribution is -2.15. The van der Waals surface area contributed by atoms with Crippen LogP contribution in [-0.4, -0.2) is 9.13 Å². The SMILES string of the molecule is [2H]c1c(-n2c3ccccc3c3cc(-c4ccc5c(c4)c4ccccc4n5-c4c([2H])c([2H])c([2H])c([2H])c4[2H])ccc32)cc2c(c1[2H])-c1c([2H])c([2H])c([2H])c([2H])c1C2(C([2H])([2H])[2H])C([2H])([2H])[2H]. The Morgan fingerprint density at radius 1 is 0.468 bits per heavy atom. The molecule has 1 aliphatic rings. The predicted octanol–water partition coefficient (Wildman–Crippen LogP) is 11.9. The van der Waals surface area contributed by atoms with Gasteiger partial charge in [0.25, 0.3) is 0 Å². The van der Waals surface area contributed by atoms with E-state index >= 15 is 0 Å². The maximum absolute atomic E-state index is 9.40. The van der Waals surface area contributed by atoms with Gasteiger partial charge in [0.1, 0.15) is 0 Å². The third kappa shape index (κ3) is 3.67.